The zero-order chi connectivity index (χ0) is 19.4. The first-order valence-electron chi connectivity index (χ1n) is 8.34. The van der Waals surface area contributed by atoms with E-state index in [0.29, 0.717) is 29.5 Å². The van der Waals surface area contributed by atoms with Crippen LogP contribution in [0.25, 0.3) is 0 Å². The van der Waals surface area contributed by atoms with Crippen molar-refractivity contribution in [2.45, 2.75) is 13.2 Å². The van der Waals surface area contributed by atoms with Gasteiger partial charge in [0.2, 0.25) is 0 Å². The number of hydrogen-bond acceptors (Lipinski definition) is 3. The van der Waals surface area contributed by atoms with Crippen molar-refractivity contribution in [3.8, 4) is 5.75 Å². The molecule has 1 amide bonds. The van der Waals surface area contributed by atoms with Crippen LogP contribution >= 0.6 is 27.5 Å². The molecule has 0 saturated carbocycles. The van der Waals surface area contributed by atoms with Crippen molar-refractivity contribution >= 4 is 33.4 Å². The second kappa shape index (κ2) is 8.59. The van der Waals surface area contributed by atoms with Crippen LogP contribution in [0.5, 0.6) is 5.75 Å². The molecule has 0 saturated heterocycles. The molecular formula is C20H19BrClN3O2. The summed E-state index contributed by atoms with van der Waals surface area (Å²) in [6.45, 7) is 0.790. The van der Waals surface area contributed by atoms with Crippen LogP contribution in [0.3, 0.4) is 0 Å². The Kier molecular flexibility index (Phi) is 6.19. The lowest BCUT2D eigenvalue weighted by atomic mass is 10.1. The van der Waals surface area contributed by atoms with Gasteiger partial charge in [-0.1, -0.05) is 35.9 Å². The van der Waals surface area contributed by atoms with Gasteiger partial charge in [0, 0.05) is 19.7 Å². The Balaban J connectivity index is 1.69. The van der Waals surface area contributed by atoms with E-state index >= 15 is 0 Å². The number of rotatable bonds is 6. The number of para-hydroxylation sites is 1. The number of carbonyl (C=O) groups excluding carboxylic acids is 1. The average Bonchev–Trinajstić information content (AvgIpc) is 2.99. The van der Waals surface area contributed by atoms with Crippen molar-refractivity contribution in [2.75, 3.05) is 7.05 Å². The van der Waals surface area contributed by atoms with E-state index in [1.165, 1.54) is 0 Å². The molecule has 7 heteroatoms. The van der Waals surface area contributed by atoms with Crippen LogP contribution in [-0.2, 0) is 20.2 Å². The van der Waals surface area contributed by atoms with E-state index in [1.54, 1.807) is 35.0 Å². The highest BCUT2D eigenvalue weighted by molar-refractivity contribution is 9.10. The van der Waals surface area contributed by atoms with Gasteiger partial charge in [-0.05, 0) is 45.8 Å². The first-order chi connectivity index (χ1) is 13.0. The van der Waals surface area contributed by atoms with Gasteiger partial charge in [0.1, 0.15) is 12.4 Å². The molecule has 0 spiro atoms. The van der Waals surface area contributed by atoms with Crippen LogP contribution in [0.15, 0.2) is 59.2 Å². The third kappa shape index (κ3) is 4.70. The van der Waals surface area contributed by atoms with Gasteiger partial charge in [0.05, 0.1) is 27.9 Å². The van der Waals surface area contributed by atoms with Gasteiger partial charge in [-0.25, -0.2) is 0 Å². The van der Waals surface area contributed by atoms with Crippen LogP contribution in [0.4, 0.5) is 0 Å². The predicted molar refractivity (Wildman–Crippen MR) is 109 cm³/mol. The molecule has 0 radical (unpaired) electrons. The monoisotopic (exact) mass is 447 g/mol. The molecular weight excluding hydrogens is 430 g/mol. The highest BCUT2D eigenvalue weighted by Gasteiger charge is 2.16. The normalized spacial score (nSPS) is 10.7. The molecule has 0 aliphatic heterocycles. The quantitative estimate of drug-likeness (QED) is 0.550. The Labute approximate surface area is 171 Å². The number of halogens is 2. The van der Waals surface area contributed by atoms with E-state index in [1.807, 2.05) is 43.4 Å². The van der Waals surface area contributed by atoms with Gasteiger partial charge in [-0.3, -0.25) is 9.48 Å². The Bertz CT molecular complexity index is 938. The zero-order valence-corrected chi connectivity index (χ0v) is 17.4. The molecule has 0 bridgehead atoms. The molecule has 5 nitrogen and oxygen atoms in total. The number of hydrogen-bond donors (Lipinski definition) is 0. The van der Waals surface area contributed by atoms with Crippen LogP contribution in [0.2, 0.25) is 5.02 Å². The summed E-state index contributed by atoms with van der Waals surface area (Å²) >= 11 is 9.57. The molecule has 0 atom stereocenters. The number of aryl methyl sites for hydroxylation is 1. The molecule has 3 rings (SSSR count). The Morgan fingerprint density at radius 1 is 1.26 bits per heavy atom. The second-order valence-electron chi connectivity index (χ2n) is 6.14. The molecule has 27 heavy (non-hydrogen) atoms. The maximum atomic E-state index is 12.8. The fraction of sp³-hybridized carbons (Fsp3) is 0.200. The number of aromatic nitrogens is 2. The molecule has 1 heterocycles. The fourth-order valence-corrected chi connectivity index (χ4v) is 3.31. The summed E-state index contributed by atoms with van der Waals surface area (Å²) in [6.07, 6.45) is 1.72. The SMILES string of the molecule is CN(Cc1c(Br)cnn1C)C(=O)c1cccc(COc2ccccc2Cl)c1. The van der Waals surface area contributed by atoms with E-state index < -0.39 is 0 Å². The Morgan fingerprint density at radius 3 is 2.74 bits per heavy atom. The molecule has 140 valence electrons. The van der Waals surface area contributed by atoms with E-state index in [0.717, 1.165) is 15.7 Å². The summed E-state index contributed by atoms with van der Waals surface area (Å²) in [6, 6.07) is 14.7. The van der Waals surface area contributed by atoms with Crippen LogP contribution in [-0.4, -0.2) is 27.6 Å². The van der Waals surface area contributed by atoms with Crippen molar-refractivity contribution in [3.63, 3.8) is 0 Å². The van der Waals surface area contributed by atoms with Crippen molar-refractivity contribution in [2.24, 2.45) is 7.05 Å². The van der Waals surface area contributed by atoms with Gasteiger partial charge in [-0.2, -0.15) is 5.10 Å². The topological polar surface area (TPSA) is 47.4 Å². The first kappa shape index (κ1) is 19.5. The summed E-state index contributed by atoms with van der Waals surface area (Å²) in [5, 5.41) is 4.74. The van der Waals surface area contributed by atoms with Gasteiger partial charge in [-0.15, -0.1) is 0 Å². The van der Waals surface area contributed by atoms with Gasteiger partial charge < -0.3 is 9.64 Å². The van der Waals surface area contributed by atoms with Crippen molar-refractivity contribution in [1.29, 1.82) is 0 Å². The van der Waals surface area contributed by atoms with E-state index in [9.17, 15) is 4.79 Å². The minimum absolute atomic E-state index is 0.0670. The van der Waals surface area contributed by atoms with E-state index in [2.05, 4.69) is 21.0 Å². The van der Waals surface area contributed by atoms with Crippen molar-refractivity contribution in [1.82, 2.24) is 14.7 Å². The smallest absolute Gasteiger partial charge is 0.253 e. The summed E-state index contributed by atoms with van der Waals surface area (Å²) < 4.78 is 8.39. The average molecular weight is 449 g/mol. The number of nitrogens with zero attached hydrogens (tertiary/aromatic N) is 3. The van der Waals surface area contributed by atoms with E-state index in [-0.39, 0.29) is 5.91 Å². The summed E-state index contributed by atoms with van der Waals surface area (Å²) in [7, 11) is 3.62. The largest absolute Gasteiger partial charge is 0.487 e. The standard InChI is InChI=1S/C20H19BrClN3O2/c1-24(12-18-16(21)11-23-25(18)2)20(26)15-7-5-6-14(10-15)13-27-19-9-4-3-8-17(19)22/h3-11H,12-13H2,1-2H3. The van der Waals surface area contributed by atoms with Crippen molar-refractivity contribution in [3.05, 3.63) is 81.0 Å². The molecule has 1 aromatic heterocycles. The van der Waals surface area contributed by atoms with Crippen LogP contribution in [0.1, 0.15) is 21.6 Å². The molecule has 0 N–H and O–H groups in total. The zero-order valence-electron chi connectivity index (χ0n) is 15.0. The summed E-state index contributed by atoms with van der Waals surface area (Å²) in [5.74, 6) is 0.553. The minimum atomic E-state index is -0.0670. The lowest BCUT2D eigenvalue weighted by molar-refractivity contribution is 0.0781. The highest BCUT2D eigenvalue weighted by atomic mass is 79.9. The molecule has 0 aliphatic rings. The maximum Gasteiger partial charge on any atom is 0.253 e. The van der Waals surface area contributed by atoms with Crippen LogP contribution in [0, 0.1) is 0 Å². The lowest BCUT2D eigenvalue weighted by Crippen LogP contribution is -2.27. The third-order valence-corrected chi connectivity index (χ3v) is 5.12. The summed E-state index contributed by atoms with van der Waals surface area (Å²) in [5.41, 5.74) is 2.44. The van der Waals surface area contributed by atoms with Crippen LogP contribution < -0.4 is 4.74 Å². The van der Waals surface area contributed by atoms with Gasteiger partial charge >= 0.3 is 0 Å². The predicted octanol–water partition coefficient (Wildman–Crippen LogP) is 4.69. The second-order valence-corrected chi connectivity index (χ2v) is 7.41. The number of carbonyl (C=O) groups is 1. The van der Waals surface area contributed by atoms with Gasteiger partial charge in [0.25, 0.3) is 5.91 Å². The third-order valence-electron chi connectivity index (χ3n) is 4.15. The Morgan fingerprint density at radius 2 is 2.04 bits per heavy atom. The molecule has 3 aromatic rings. The van der Waals surface area contributed by atoms with Crippen molar-refractivity contribution < 1.29 is 9.53 Å². The molecule has 0 unspecified atom stereocenters. The number of amides is 1. The molecule has 0 aliphatic carbocycles. The maximum absolute atomic E-state index is 12.8. The highest BCUT2D eigenvalue weighted by Crippen LogP contribution is 2.24. The lowest BCUT2D eigenvalue weighted by Gasteiger charge is -2.18. The fourth-order valence-electron chi connectivity index (χ4n) is 2.65. The van der Waals surface area contributed by atoms with E-state index in [4.69, 9.17) is 16.3 Å². The molecule has 0 fully saturated rings. The van der Waals surface area contributed by atoms with Gasteiger partial charge in [0.15, 0.2) is 0 Å². The minimum Gasteiger partial charge on any atom is -0.487 e. The Hall–Kier alpha value is -2.31. The number of ether oxygens (including phenoxy) is 1. The molecule has 2 aromatic carbocycles. The summed E-state index contributed by atoms with van der Waals surface area (Å²) in [4.78, 5) is 14.5. The number of benzene rings is 2. The first-order valence-corrected chi connectivity index (χ1v) is 9.51.